The Morgan fingerprint density at radius 2 is 1.75 bits per heavy atom. The number of halogens is 2. The molecule has 5 heteroatoms. The van der Waals surface area contributed by atoms with E-state index in [4.69, 9.17) is 0 Å². The Kier molecular flexibility index (Phi) is 4.29. The molecule has 0 amide bonds. The number of ether oxygens (including phenoxy) is 1. The molecule has 0 atom stereocenters. The first kappa shape index (κ1) is 14.4. The highest BCUT2D eigenvalue weighted by atomic mass is 79.9. The Hall–Kier alpha value is -2.01. The summed E-state index contributed by atoms with van der Waals surface area (Å²) in [4.78, 5) is 24.2. The number of carbonyl (C=O) groups excluding carboxylic acids is 2. The van der Waals surface area contributed by atoms with Gasteiger partial charge in [-0.05, 0) is 46.3 Å². The van der Waals surface area contributed by atoms with Crippen LogP contribution in [0.3, 0.4) is 0 Å². The first-order chi connectivity index (χ1) is 9.54. The summed E-state index contributed by atoms with van der Waals surface area (Å²) in [6.45, 7) is 0. The van der Waals surface area contributed by atoms with Crippen LogP contribution in [0.4, 0.5) is 4.39 Å². The Morgan fingerprint density at radius 1 is 1.10 bits per heavy atom. The number of esters is 1. The Bertz CT molecular complexity index is 665. The maximum Gasteiger partial charge on any atom is 0.339 e. The lowest BCUT2D eigenvalue weighted by molar-refractivity contribution is 0.0596. The summed E-state index contributed by atoms with van der Waals surface area (Å²) in [5, 5.41) is 0. The molecule has 102 valence electrons. The Balaban J connectivity index is 2.52. The summed E-state index contributed by atoms with van der Waals surface area (Å²) in [6.07, 6.45) is 0. The summed E-state index contributed by atoms with van der Waals surface area (Å²) in [5.74, 6) is -1.40. The molecule has 0 bridgehead atoms. The van der Waals surface area contributed by atoms with Crippen LogP contribution in [-0.4, -0.2) is 18.9 Å². The SMILES string of the molecule is COC(=O)c1c(Br)cccc1C(=O)c1ccc(F)cc1. The zero-order valence-corrected chi connectivity index (χ0v) is 12.1. The molecule has 2 aromatic carbocycles. The van der Waals surface area contributed by atoms with E-state index in [1.54, 1.807) is 12.1 Å². The van der Waals surface area contributed by atoms with Crippen molar-refractivity contribution in [2.24, 2.45) is 0 Å². The number of methoxy groups -OCH3 is 1. The van der Waals surface area contributed by atoms with Gasteiger partial charge >= 0.3 is 5.97 Å². The van der Waals surface area contributed by atoms with Gasteiger partial charge < -0.3 is 4.74 Å². The third-order valence-corrected chi connectivity index (χ3v) is 3.41. The van der Waals surface area contributed by atoms with E-state index in [1.165, 1.54) is 37.4 Å². The molecule has 0 unspecified atom stereocenters. The lowest BCUT2D eigenvalue weighted by Gasteiger charge is -2.09. The maximum absolute atomic E-state index is 12.9. The molecule has 0 aromatic heterocycles. The normalized spacial score (nSPS) is 10.2. The number of rotatable bonds is 3. The summed E-state index contributed by atoms with van der Waals surface area (Å²) >= 11 is 3.23. The molecule has 3 nitrogen and oxygen atoms in total. The van der Waals surface area contributed by atoms with Gasteiger partial charge in [-0.3, -0.25) is 4.79 Å². The molecule has 0 saturated heterocycles. The van der Waals surface area contributed by atoms with Crippen molar-refractivity contribution in [1.82, 2.24) is 0 Å². The Labute approximate surface area is 123 Å². The zero-order valence-electron chi connectivity index (χ0n) is 10.5. The fourth-order valence-corrected chi connectivity index (χ4v) is 2.31. The second kappa shape index (κ2) is 5.96. The van der Waals surface area contributed by atoms with Gasteiger partial charge in [-0.1, -0.05) is 12.1 Å². The van der Waals surface area contributed by atoms with Gasteiger partial charge in [0.15, 0.2) is 5.78 Å². The molecule has 0 aliphatic rings. The van der Waals surface area contributed by atoms with Gasteiger partial charge in [0.1, 0.15) is 5.82 Å². The van der Waals surface area contributed by atoms with E-state index in [9.17, 15) is 14.0 Å². The van der Waals surface area contributed by atoms with Gasteiger partial charge in [0.25, 0.3) is 0 Å². The maximum atomic E-state index is 12.9. The molecular weight excluding hydrogens is 327 g/mol. The van der Waals surface area contributed by atoms with Crippen LogP contribution in [0, 0.1) is 5.82 Å². The van der Waals surface area contributed by atoms with Gasteiger partial charge in [-0.2, -0.15) is 0 Å². The smallest absolute Gasteiger partial charge is 0.339 e. The highest BCUT2D eigenvalue weighted by Crippen LogP contribution is 2.24. The van der Waals surface area contributed by atoms with Crippen LogP contribution in [0.2, 0.25) is 0 Å². The van der Waals surface area contributed by atoms with Gasteiger partial charge in [-0.25, -0.2) is 9.18 Å². The van der Waals surface area contributed by atoms with Gasteiger partial charge in [0, 0.05) is 15.6 Å². The van der Waals surface area contributed by atoms with E-state index in [1.807, 2.05) is 0 Å². The molecule has 2 aromatic rings. The molecule has 0 heterocycles. The summed E-state index contributed by atoms with van der Waals surface area (Å²) < 4.78 is 18.0. The highest BCUT2D eigenvalue weighted by molar-refractivity contribution is 9.10. The average molecular weight is 337 g/mol. The van der Waals surface area contributed by atoms with Crippen LogP contribution >= 0.6 is 15.9 Å². The predicted molar refractivity (Wildman–Crippen MR) is 75.3 cm³/mol. The first-order valence-electron chi connectivity index (χ1n) is 5.71. The second-order valence-corrected chi connectivity index (χ2v) is 4.84. The summed E-state index contributed by atoms with van der Waals surface area (Å²) in [5.41, 5.74) is 0.664. The van der Waals surface area contributed by atoms with E-state index in [0.717, 1.165) is 0 Å². The molecular formula is C15H10BrFO3. The van der Waals surface area contributed by atoms with Crippen LogP contribution in [0.1, 0.15) is 26.3 Å². The topological polar surface area (TPSA) is 43.4 Å². The first-order valence-corrected chi connectivity index (χ1v) is 6.51. The van der Waals surface area contributed by atoms with E-state index >= 15 is 0 Å². The van der Waals surface area contributed by atoms with E-state index < -0.39 is 11.8 Å². The minimum atomic E-state index is -0.608. The largest absolute Gasteiger partial charge is 0.465 e. The molecule has 20 heavy (non-hydrogen) atoms. The van der Waals surface area contributed by atoms with Crippen molar-refractivity contribution in [2.45, 2.75) is 0 Å². The highest BCUT2D eigenvalue weighted by Gasteiger charge is 2.21. The predicted octanol–water partition coefficient (Wildman–Crippen LogP) is 3.61. The van der Waals surface area contributed by atoms with Crippen molar-refractivity contribution in [3.8, 4) is 0 Å². The van der Waals surface area contributed by atoms with Crippen molar-refractivity contribution in [3.63, 3.8) is 0 Å². The zero-order chi connectivity index (χ0) is 14.7. The van der Waals surface area contributed by atoms with Crippen LogP contribution < -0.4 is 0 Å². The number of benzene rings is 2. The minimum absolute atomic E-state index is 0.157. The lowest BCUT2D eigenvalue weighted by Crippen LogP contribution is -2.12. The van der Waals surface area contributed by atoms with Crippen LogP contribution in [-0.2, 0) is 4.74 Å². The monoisotopic (exact) mass is 336 g/mol. The summed E-state index contributed by atoms with van der Waals surface area (Å²) in [7, 11) is 1.24. The number of carbonyl (C=O) groups is 2. The van der Waals surface area contributed by atoms with Crippen LogP contribution in [0.15, 0.2) is 46.9 Å². The molecule has 0 saturated carbocycles. The average Bonchev–Trinajstić information content (AvgIpc) is 2.46. The van der Waals surface area contributed by atoms with Gasteiger partial charge in [0.2, 0.25) is 0 Å². The number of hydrogen-bond acceptors (Lipinski definition) is 3. The molecule has 0 aliphatic heterocycles. The quantitative estimate of drug-likeness (QED) is 0.635. The standard InChI is InChI=1S/C15H10BrFO3/c1-20-15(19)13-11(3-2-4-12(13)16)14(18)9-5-7-10(17)8-6-9/h2-8H,1H3. The second-order valence-electron chi connectivity index (χ2n) is 3.99. The molecule has 0 aliphatic carbocycles. The summed E-state index contributed by atoms with van der Waals surface area (Å²) in [6, 6.07) is 9.97. The van der Waals surface area contributed by atoms with Crippen molar-refractivity contribution < 1.29 is 18.7 Å². The van der Waals surface area contributed by atoms with Crippen molar-refractivity contribution in [3.05, 3.63) is 69.4 Å². The Morgan fingerprint density at radius 3 is 2.35 bits per heavy atom. The van der Waals surface area contributed by atoms with Crippen LogP contribution in [0.5, 0.6) is 0 Å². The molecule has 0 radical (unpaired) electrons. The molecule has 2 rings (SSSR count). The van der Waals surface area contributed by atoms with Gasteiger partial charge in [0.05, 0.1) is 12.7 Å². The number of ketones is 1. The number of hydrogen-bond donors (Lipinski definition) is 0. The van der Waals surface area contributed by atoms with E-state index in [0.29, 0.717) is 10.0 Å². The lowest BCUT2D eigenvalue weighted by atomic mass is 9.98. The minimum Gasteiger partial charge on any atom is -0.465 e. The van der Waals surface area contributed by atoms with Crippen molar-refractivity contribution in [1.29, 1.82) is 0 Å². The fourth-order valence-electron chi connectivity index (χ4n) is 1.78. The van der Waals surface area contributed by atoms with E-state index in [-0.39, 0.29) is 16.9 Å². The van der Waals surface area contributed by atoms with E-state index in [2.05, 4.69) is 20.7 Å². The molecule has 0 fully saturated rings. The van der Waals surface area contributed by atoms with Crippen molar-refractivity contribution in [2.75, 3.05) is 7.11 Å². The molecule has 0 N–H and O–H groups in total. The molecule has 0 spiro atoms. The van der Waals surface area contributed by atoms with Gasteiger partial charge in [-0.15, -0.1) is 0 Å². The third kappa shape index (κ3) is 2.77. The third-order valence-electron chi connectivity index (χ3n) is 2.75. The fraction of sp³-hybridized carbons (Fsp3) is 0.0667. The van der Waals surface area contributed by atoms with Crippen LogP contribution in [0.25, 0.3) is 0 Å². The van der Waals surface area contributed by atoms with Crippen molar-refractivity contribution >= 4 is 27.7 Å².